The molecule has 0 amide bonds. The van der Waals surface area contributed by atoms with Crippen molar-refractivity contribution >= 4 is 33.1 Å². The van der Waals surface area contributed by atoms with E-state index in [-0.39, 0.29) is 0 Å². The SMILES string of the molecule is CN(C)S(=O)(=O)Nc1ccc(Nc2ccc(N3CCCC3)cc2)nc1. The number of anilines is 4. The molecule has 0 atom stereocenters. The van der Waals surface area contributed by atoms with Crippen LogP contribution in [-0.2, 0) is 10.2 Å². The number of nitrogens with zero attached hydrogens (tertiary/aromatic N) is 3. The molecule has 0 bridgehead atoms. The third kappa shape index (κ3) is 4.40. The van der Waals surface area contributed by atoms with Crippen LogP contribution < -0.4 is 14.9 Å². The fraction of sp³-hybridized carbons (Fsp3) is 0.353. The van der Waals surface area contributed by atoms with Crippen molar-refractivity contribution in [3.05, 3.63) is 42.6 Å². The van der Waals surface area contributed by atoms with Gasteiger partial charge in [-0.25, -0.2) is 4.98 Å². The minimum atomic E-state index is -3.52. The van der Waals surface area contributed by atoms with Gasteiger partial charge in [0.25, 0.3) is 0 Å². The maximum Gasteiger partial charge on any atom is 0.301 e. The Labute approximate surface area is 148 Å². The molecule has 8 heteroatoms. The van der Waals surface area contributed by atoms with Gasteiger partial charge in [0.15, 0.2) is 0 Å². The molecular formula is C17H23N5O2S. The van der Waals surface area contributed by atoms with E-state index < -0.39 is 10.2 Å². The first-order valence-corrected chi connectivity index (χ1v) is 9.66. The van der Waals surface area contributed by atoms with Gasteiger partial charge in [-0.2, -0.15) is 12.7 Å². The van der Waals surface area contributed by atoms with Gasteiger partial charge in [0, 0.05) is 38.6 Å². The molecule has 7 nitrogen and oxygen atoms in total. The Morgan fingerprint density at radius 2 is 1.64 bits per heavy atom. The average molecular weight is 361 g/mol. The van der Waals surface area contributed by atoms with E-state index in [1.807, 2.05) is 12.1 Å². The summed E-state index contributed by atoms with van der Waals surface area (Å²) >= 11 is 0. The lowest BCUT2D eigenvalue weighted by Crippen LogP contribution is -2.28. The first kappa shape index (κ1) is 17.5. The molecule has 3 rings (SSSR count). The molecule has 1 aromatic carbocycles. The molecule has 0 aliphatic carbocycles. The maximum atomic E-state index is 11.8. The Bertz CT molecular complexity index is 798. The number of benzene rings is 1. The summed E-state index contributed by atoms with van der Waals surface area (Å²) in [6.07, 6.45) is 4.00. The van der Waals surface area contributed by atoms with Gasteiger partial charge in [0.2, 0.25) is 0 Å². The van der Waals surface area contributed by atoms with E-state index in [0.717, 1.165) is 23.1 Å². The monoisotopic (exact) mass is 361 g/mol. The molecule has 1 saturated heterocycles. The molecule has 1 fully saturated rings. The van der Waals surface area contributed by atoms with Crippen LogP contribution >= 0.6 is 0 Å². The summed E-state index contributed by atoms with van der Waals surface area (Å²) < 4.78 is 27.1. The first-order chi connectivity index (χ1) is 11.9. The summed E-state index contributed by atoms with van der Waals surface area (Å²) in [4.78, 5) is 6.63. The summed E-state index contributed by atoms with van der Waals surface area (Å²) in [5.41, 5.74) is 2.60. The number of pyridine rings is 1. The van der Waals surface area contributed by atoms with E-state index >= 15 is 0 Å². The van der Waals surface area contributed by atoms with Crippen molar-refractivity contribution in [2.45, 2.75) is 12.8 Å². The van der Waals surface area contributed by atoms with E-state index in [1.54, 1.807) is 12.1 Å². The van der Waals surface area contributed by atoms with Gasteiger partial charge < -0.3 is 10.2 Å². The highest BCUT2D eigenvalue weighted by molar-refractivity contribution is 7.90. The molecule has 134 valence electrons. The molecule has 0 spiro atoms. The molecule has 2 heterocycles. The van der Waals surface area contributed by atoms with Crippen LogP contribution in [-0.4, -0.2) is 44.9 Å². The number of hydrogen-bond donors (Lipinski definition) is 2. The van der Waals surface area contributed by atoms with Crippen LogP contribution in [0.2, 0.25) is 0 Å². The maximum absolute atomic E-state index is 11.8. The van der Waals surface area contributed by atoms with Crippen molar-refractivity contribution < 1.29 is 8.42 Å². The van der Waals surface area contributed by atoms with Gasteiger partial charge in [-0.15, -0.1) is 0 Å². The topological polar surface area (TPSA) is 77.6 Å². The Morgan fingerprint density at radius 1 is 1.00 bits per heavy atom. The van der Waals surface area contributed by atoms with E-state index in [0.29, 0.717) is 11.5 Å². The van der Waals surface area contributed by atoms with Crippen molar-refractivity contribution in [3.8, 4) is 0 Å². The van der Waals surface area contributed by atoms with Crippen molar-refractivity contribution in [1.82, 2.24) is 9.29 Å². The second-order valence-electron chi connectivity index (χ2n) is 6.19. The second-order valence-corrected chi connectivity index (χ2v) is 8.07. The molecule has 0 radical (unpaired) electrons. The number of nitrogens with one attached hydrogen (secondary N) is 2. The lowest BCUT2D eigenvalue weighted by molar-refractivity contribution is 0.527. The Kier molecular flexibility index (Phi) is 5.10. The van der Waals surface area contributed by atoms with E-state index in [1.165, 1.54) is 38.8 Å². The van der Waals surface area contributed by atoms with E-state index in [4.69, 9.17) is 0 Å². The fourth-order valence-corrected chi connectivity index (χ4v) is 3.25. The lowest BCUT2D eigenvalue weighted by atomic mass is 10.2. The first-order valence-electron chi connectivity index (χ1n) is 8.22. The quantitative estimate of drug-likeness (QED) is 0.827. The summed E-state index contributed by atoms with van der Waals surface area (Å²) in [5.74, 6) is 0.654. The van der Waals surface area contributed by atoms with Crippen LogP contribution in [0.15, 0.2) is 42.6 Å². The minimum absolute atomic E-state index is 0.420. The van der Waals surface area contributed by atoms with Crippen LogP contribution in [0.1, 0.15) is 12.8 Å². The van der Waals surface area contributed by atoms with Crippen LogP contribution in [0.5, 0.6) is 0 Å². The summed E-state index contributed by atoms with van der Waals surface area (Å²) in [6.45, 7) is 2.25. The van der Waals surface area contributed by atoms with Crippen molar-refractivity contribution in [2.75, 3.05) is 42.1 Å². The largest absolute Gasteiger partial charge is 0.372 e. The highest BCUT2D eigenvalue weighted by atomic mass is 32.2. The molecule has 1 aliphatic rings. The number of hydrogen-bond acceptors (Lipinski definition) is 5. The molecule has 0 saturated carbocycles. The smallest absolute Gasteiger partial charge is 0.301 e. The van der Waals surface area contributed by atoms with Gasteiger partial charge >= 0.3 is 10.2 Å². The van der Waals surface area contributed by atoms with Crippen molar-refractivity contribution in [2.24, 2.45) is 0 Å². The molecule has 25 heavy (non-hydrogen) atoms. The molecule has 2 N–H and O–H groups in total. The number of aromatic nitrogens is 1. The molecule has 1 aliphatic heterocycles. The predicted octanol–water partition coefficient (Wildman–Crippen LogP) is 2.64. The normalized spacial score (nSPS) is 14.8. The lowest BCUT2D eigenvalue weighted by Gasteiger charge is -2.18. The van der Waals surface area contributed by atoms with Crippen LogP contribution in [0.3, 0.4) is 0 Å². The highest BCUT2D eigenvalue weighted by Crippen LogP contribution is 2.23. The Hall–Kier alpha value is -2.32. The molecule has 2 aromatic rings. The van der Waals surface area contributed by atoms with Gasteiger partial charge in [-0.1, -0.05) is 0 Å². The average Bonchev–Trinajstić information content (AvgIpc) is 3.11. The van der Waals surface area contributed by atoms with Crippen molar-refractivity contribution in [1.29, 1.82) is 0 Å². The second kappa shape index (κ2) is 7.28. The molecule has 1 aromatic heterocycles. The van der Waals surface area contributed by atoms with Gasteiger partial charge in [-0.05, 0) is 49.2 Å². The molecule has 0 unspecified atom stereocenters. The predicted molar refractivity (Wildman–Crippen MR) is 102 cm³/mol. The zero-order chi connectivity index (χ0) is 17.9. The number of rotatable bonds is 6. The van der Waals surface area contributed by atoms with Crippen molar-refractivity contribution in [3.63, 3.8) is 0 Å². The van der Waals surface area contributed by atoms with Gasteiger partial charge in [0.05, 0.1) is 11.9 Å². The fourth-order valence-electron chi connectivity index (χ4n) is 2.65. The van der Waals surface area contributed by atoms with Gasteiger partial charge in [0.1, 0.15) is 5.82 Å². The Morgan fingerprint density at radius 3 is 2.20 bits per heavy atom. The Balaban J connectivity index is 1.63. The zero-order valence-corrected chi connectivity index (χ0v) is 15.3. The van der Waals surface area contributed by atoms with Gasteiger partial charge in [-0.3, -0.25) is 4.72 Å². The summed E-state index contributed by atoms with van der Waals surface area (Å²) in [6, 6.07) is 11.7. The highest BCUT2D eigenvalue weighted by Gasteiger charge is 2.13. The standard InChI is InChI=1S/C17H23N5O2S/c1-21(2)25(23,24)20-15-7-10-17(18-13-15)19-14-5-8-16(9-6-14)22-11-3-4-12-22/h5-10,13,20H,3-4,11-12H2,1-2H3,(H,18,19). The van der Waals surface area contributed by atoms with E-state index in [9.17, 15) is 8.42 Å². The minimum Gasteiger partial charge on any atom is -0.372 e. The van der Waals surface area contributed by atoms with Crippen LogP contribution in [0.4, 0.5) is 22.9 Å². The summed E-state index contributed by atoms with van der Waals surface area (Å²) in [5, 5.41) is 3.22. The van der Waals surface area contributed by atoms with Crippen LogP contribution in [0, 0.1) is 0 Å². The van der Waals surface area contributed by atoms with Crippen LogP contribution in [0.25, 0.3) is 0 Å². The molecular weight excluding hydrogens is 338 g/mol. The summed E-state index contributed by atoms with van der Waals surface area (Å²) in [7, 11) is -0.578. The van der Waals surface area contributed by atoms with E-state index in [2.05, 4.69) is 32.1 Å². The third-order valence-corrected chi connectivity index (χ3v) is 5.56. The third-order valence-electron chi connectivity index (χ3n) is 4.10. The zero-order valence-electron chi connectivity index (χ0n) is 14.4.